The fraction of sp³-hybridized carbons (Fsp3) is 0.680. The van der Waals surface area contributed by atoms with Crippen molar-refractivity contribution in [1.29, 1.82) is 0 Å². The predicted octanol–water partition coefficient (Wildman–Crippen LogP) is 1.66. The van der Waals surface area contributed by atoms with E-state index in [2.05, 4.69) is 10.3 Å². The number of rotatable bonds is 8. The summed E-state index contributed by atoms with van der Waals surface area (Å²) in [6.07, 6.45) is -1.85. The summed E-state index contributed by atoms with van der Waals surface area (Å²) in [4.78, 5) is 50.7. The Labute approximate surface area is 230 Å². The van der Waals surface area contributed by atoms with Crippen LogP contribution in [-0.2, 0) is 43.4 Å². The summed E-state index contributed by atoms with van der Waals surface area (Å²) in [7, 11) is 0. The van der Waals surface area contributed by atoms with E-state index in [-0.39, 0.29) is 38.3 Å². The first-order chi connectivity index (χ1) is 18.6. The molecule has 3 atom stereocenters. The highest BCUT2D eigenvalue weighted by Crippen LogP contribution is 2.31. The van der Waals surface area contributed by atoms with Crippen LogP contribution in [-0.4, -0.2) is 71.6 Å². The van der Waals surface area contributed by atoms with Crippen LogP contribution in [0.2, 0.25) is 0 Å². The monoisotopic (exact) mass is 567 g/mol. The predicted molar refractivity (Wildman–Crippen MR) is 137 cm³/mol. The summed E-state index contributed by atoms with van der Waals surface area (Å²) in [6, 6.07) is 0. The number of hydrogen-bond donors (Lipinski definition) is 1. The Balaban J connectivity index is 1.83. The number of aliphatic hydroxyl groups is 1. The Morgan fingerprint density at radius 2 is 1.70 bits per heavy atom. The van der Waals surface area contributed by atoms with Gasteiger partial charge in [0, 0.05) is 18.2 Å². The number of carbonyl (C=O) groups excluding carboxylic acids is 2. The van der Waals surface area contributed by atoms with Crippen molar-refractivity contribution in [1.82, 2.24) is 24.1 Å². The SMILES string of the molecule is Cc1cn(C2C[C@H](OC(=O)OC(C)(C)C)C(COC(=O)OC(C)(C)C)O2)c(=O)n(CCn2cc(CO)nn2)c1=O. The van der Waals surface area contributed by atoms with Gasteiger partial charge >= 0.3 is 18.0 Å². The fourth-order valence-corrected chi connectivity index (χ4v) is 3.86. The minimum atomic E-state index is -0.954. The molecule has 0 radical (unpaired) electrons. The van der Waals surface area contributed by atoms with Gasteiger partial charge in [-0.15, -0.1) is 5.10 Å². The largest absolute Gasteiger partial charge is 0.509 e. The molecular weight excluding hydrogens is 530 g/mol. The zero-order chi connectivity index (χ0) is 29.8. The summed E-state index contributed by atoms with van der Waals surface area (Å²) >= 11 is 0. The van der Waals surface area contributed by atoms with E-state index in [0.29, 0.717) is 5.69 Å². The third-order valence-electron chi connectivity index (χ3n) is 5.55. The highest BCUT2D eigenvalue weighted by atomic mass is 16.8. The van der Waals surface area contributed by atoms with Crippen LogP contribution in [0.15, 0.2) is 22.0 Å². The third-order valence-corrected chi connectivity index (χ3v) is 5.55. The number of ether oxygens (including phenoxy) is 5. The Morgan fingerprint density at radius 3 is 2.30 bits per heavy atom. The quantitative estimate of drug-likeness (QED) is 0.457. The van der Waals surface area contributed by atoms with Gasteiger partial charge in [0.15, 0.2) is 0 Å². The standard InChI is InChI=1S/C25H37N5O10/c1-15-11-30(21(33)29(20(15)32)9-8-28-12-16(13-31)26-27-28)19-10-17(38-23(35)40-25(5,6)7)18(37-19)14-36-22(34)39-24(2,3)4/h11-12,17-19,31H,8-10,13-14H2,1-7H3/t17-,18?,19?/m0/s1. The van der Waals surface area contributed by atoms with Crippen LogP contribution in [0.25, 0.3) is 0 Å². The van der Waals surface area contributed by atoms with Gasteiger partial charge < -0.3 is 28.8 Å². The van der Waals surface area contributed by atoms with Gasteiger partial charge in [-0.25, -0.2) is 14.4 Å². The van der Waals surface area contributed by atoms with E-state index in [0.717, 1.165) is 4.57 Å². The molecule has 3 heterocycles. The smallest absolute Gasteiger partial charge is 0.431 e. The van der Waals surface area contributed by atoms with Gasteiger partial charge in [-0.2, -0.15) is 0 Å². The molecule has 15 heteroatoms. The Morgan fingerprint density at radius 1 is 1.05 bits per heavy atom. The van der Waals surface area contributed by atoms with Crippen molar-refractivity contribution in [2.75, 3.05) is 6.61 Å². The van der Waals surface area contributed by atoms with Crippen molar-refractivity contribution in [3.8, 4) is 0 Å². The normalized spacial score (nSPS) is 19.4. The van der Waals surface area contributed by atoms with Gasteiger partial charge in [0.25, 0.3) is 5.56 Å². The van der Waals surface area contributed by atoms with Crippen LogP contribution in [0.3, 0.4) is 0 Å². The maximum absolute atomic E-state index is 13.4. The van der Waals surface area contributed by atoms with E-state index < -0.39 is 53.2 Å². The van der Waals surface area contributed by atoms with Gasteiger partial charge in [-0.1, -0.05) is 5.21 Å². The molecule has 0 saturated carbocycles. The number of aliphatic hydroxyl groups excluding tert-OH is 1. The second kappa shape index (κ2) is 12.2. The molecule has 2 aromatic heterocycles. The van der Waals surface area contributed by atoms with E-state index >= 15 is 0 Å². The second-order valence-electron chi connectivity index (χ2n) is 11.4. The lowest BCUT2D eigenvalue weighted by atomic mass is 10.2. The van der Waals surface area contributed by atoms with Gasteiger partial charge in [-0.05, 0) is 48.5 Å². The number of aryl methyl sites for hydroxylation is 2. The van der Waals surface area contributed by atoms with Gasteiger partial charge in [-0.3, -0.25) is 18.6 Å². The molecular formula is C25H37N5O10. The molecule has 15 nitrogen and oxygen atoms in total. The van der Waals surface area contributed by atoms with Crippen LogP contribution in [0.4, 0.5) is 9.59 Å². The average Bonchev–Trinajstić information content (AvgIpc) is 3.44. The molecule has 1 aliphatic rings. The molecule has 0 amide bonds. The van der Waals surface area contributed by atoms with E-state index in [1.807, 2.05) is 0 Å². The lowest BCUT2D eigenvalue weighted by Crippen LogP contribution is -2.42. The van der Waals surface area contributed by atoms with Gasteiger partial charge in [0.2, 0.25) is 0 Å². The average molecular weight is 568 g/mol. The van der Waals surface area contributed by atoms with Gasteiger partial charge in [0.1, 0.15) is 41.9 Å². The summed E-state index contributed by atoms with van der Waals surface area (Å²) in [5, 5.41) is 16.8. The molecule has 0 spiro atoms. The zero-order valence-electron chi connectivity index (χ0n) is 23.8. The molecule has 1 N–H and O–H groups in total. The van der Waals surface area contributed by atoms with Crippen LogP contribution < -0.4 is 11.2 Å². The molecule has 3 rings (SSSR count). The van der Waals surface area contributed by atoms with Crippen molar-refractivity contribution in [3.63, 3.8) is 0 Å². The third kappa shape index (κ3) is 8.39. The Hall–Kier alpha value is -3.72. The number of carbonyl (C=O) groups is 2. The molecule has 2 aromatic rings. The topological polar surface area (TPSA) is 175 Å². The molecule has 2 unspecified atom stereocenters. The van der Waals surface area contributed by atoms with Crippen molar-refractivity contribution in [2.45, 2.75) is 104 Å². The molecule has 0 bridgehead atoms. The fourth-order valence-electron chi connectivity index (χ4n) is 3.86. The van der Waals surface area contributed by atoms with Crippen LogP contribution in [0, 0.1) is 6.92 Å². The van der Waals surface area contributed by atoms with E-state index in [4.69, 9.17) is 23.7 Å². The first-order valence-corrected chi connectivity index (χ1v) is 12.8. The highest BCUT2D eigenvalue weighted by molar-refractivity contribution is 5.61. The summed E-state index contributed by atoms with van der Waals surface area (Å²) in [5.41, 5.74) is -2.13. The number of nitrogens with zero attached hydrogens (tertiary/aromatic N) is 5. The van der Waals surface area contributed by atoms with Crippen molar-refractivity contribution in [2.24, 2.45) is 0 Å². The molecule has 1 saturated heterocycles. The minimum absolute atomic E-state index is 0.0159. The minimum Gasteiger partial charge on any atom is -0.431 e. The van der Waals surface area contributed by atoms with Crippen molar-refractivity contribution >= 4 is 12.3 Å². The summed E-state index contributed by atoms with van der Waals surface area (Å²) < 4.78 is 30.8. The van der Waals surface area contributed by atoms with Crippen LogP contribution >= 0.6 is 0 Å². The first-order valence-electron chi connectivity index (χ1n) is 12.8. The van der Waals surface area contributed by atoms with Crippen LogP contribution in [0.5, 0.6) is 0 Å². The Bertz CT molecular complexity index is 1320. The lowest BCUT2D eigenvalue weighted by Gasteiger charge is -2.23. The van der Waals surface area contributed by atoms with E-state index in [9.17, 15) is 24.3 Å². The summed E-state index contributed by atoms with van der Waals surface area (Å²) in [6.45, 7) is 11.2. The van der Waals surface area contributed by atoms with E-state index in [1.54, 1.807) is 48.5 Å². The van der Waals surface area contributed by atoms with Gasteiger partial charge in [0.05, 0.1) is 25.9 Å². The summed E-state index contributed by atoms with van der Waals surface area (Å²) in [5.74, 6) is 0. The molecule has 0 aromatic carbocycles. The highest BCUT2D eigenvalue weighted by Gasteiger charge is 2.41. The number of aromatic nitrogens is 5. The molecule has 1 aliphatic heterocycles. The molecule has 0 aliphatic carbocycles. The lowest BCUT2D eigenvalue weighted by molar-refractivity contribution is -0.0824. The second-order valence-corrected chi connectivity index (χ2v) is 11.4. The van der Waals surface area contributed by atoms with Crippen molar-refractivity contribution < 1.29 is 38.4 Å². The van der Waals surface area contributed by atoms with E-state index in [1.165, 1.54) is 21.6 Å². The Kier molecular flexibility index (Phi) is 9.40. The molecule has 222 valence electrons. The first kappa shape index (κ1) is 30.8. The zero-order valence-corrected chi connectivity index (χ0v) is 23.8. The molecule has 40 heavy (non-hydrogen) atoms. The number of hydrogen-bond acceptors (Lipinski definition) is 12. The maximum Gasteiger partial charge on any atom is 0.509 e. The molecule has 1 fully saturated rings. The van der Waals surface area contributed by atoms with Crippen molar-refractivity contribution in [3.05, 3.63) is 44.5 Å². The maximum atomic E-state index is 13.4. The van der Waals surface area contributed by atoms with Crippen LogP contribution in [0.1, 0.15) is 65.4 Å².